The number of benzene rings is 1. The van der Waals surface area contributed by atoms with Crippen LogP contribution in [0.1, 0.15) is 5.56 Å². The van der Waals surface area contributed by atoms with Crippen LogP contribution in [0.5, 0.6) is 11.5 Å². The second-order valence-electron chi connectivity index (χ2n) is 3.56. The van der Waals surface area contributed by atoms with Gasteiger partial charge < -0.3 is 14.2 Å². The molecule has 0 atom stereocenters. The molecule has 1 aliphatic rings. The highest BCUT2D eigenvalue weighted by atomic mass is 16.6. The van der Waals surface area contributed by atoms with E-state index in [0.717, 1.165) is 0 Å². The van der Waals surface area contributed by atoms with Gasteiger partial charge in [-0.2, -0.15) is 5.26 Å². The predicted molar refractivity (Wildman–Crippen MR) is 63.0 cm³/mol. The van der Waals surface area contributed by atoms with Gasteiger partial charge in [0.15, 0.2) is 11.5 Å². The van der Waals surface area contributed by atoms with Crippen molar-refractivity contribution in [2.24, 2.45) is 0 Å². The number of nitriles is 1. The minimum absolute atomic E-state index is 0.0609. The summed E-state index contributed by atoms with van der Waals surface area (Å²) in [5.41, 5.74) is 0.621. The third-order valence-corrected chi connectivity index (χ3v) is 2.40. The van der Waals surface area contributed by atoms with E-state index >= 15 is 0 Å². The average Bonchev–Trinajstić information content (AvgIpc) is 2.43. The Labute approximate surface area is 104 Å². The van der Waals surface area contributed by atoms with Crippen molar-refractivity contribution in [1.29, 1.82) is 5.26 Å². The van der Waals surface area contributed by atoms with Gasteiger partial charge in [0, 0.05) is 0 Å². The molecule has 1 aliphatic heterocycles. The number of methoxy groups -OCH3 is 1. The van der Waals surface area contributed by atoms with Crippen molar-refractivity contribution in [3.8, 4) is 17.6 Å². The molecule has 1 aromatic carbocycles. The average molecular weight is 245 g/mol. The van der Waals surface area contributed by atoms with E-state index in [1.165, 1.54) is 13.2 Å². The van der Waals surface area contributed by atoms with E-state index in [9.17, 15) is 4.79 Å². The maximum atomic E-state index is 11.3. The van der Waals surface area contributed by atoms with Gasteiger partial charge in [0.1, 0.15) is 24.9 Å². The molecule has 0 radical (unpaired) electrons. The van der Waals surface area contributed by atoms with Gasteiger partial charge in [0.2, 0.25) is 0 Å². The van der Waals surface area contributed by atoms with E-state index in [2.05, 4.69) is 4.74 Å². The molecular formula is C13H11NO4. The minimum atomic E-state index is -0.660. The van der Waals surface area contributed by atoms with E-state index in [1.54, 1.807) is 24.3 Å². The highest BCUT2D eigenvalue weighted by Gasteiger charge is 2.13. The topological polar surface area (TPSA) is 68.6 Å². The number of hydrogen-bond acceptors (Lipinski definition) is 5. The van der Waals surface area contributed by atoms with Crippen molar-refractivity contribution in [3.63, 3.8) is 0 Å². The lowest BCUT2D eigenvalue weighted by Crippen LogP contribution is -2.15. The first kappa shape index (κ1) is 12.0. The molecular weight excluding hydrogens is 234 g/mol. The van der Waals surface area contributed by atoms with Crippen LogP contribution < -0.4 is 9.47 Å². The standard InChI is InChI=1S/C13H11NO4/c1-16-13(15)10(8-14)6-9-2-3-11-12(7-9)18-5-4-17-11/h2-3,6-7H,4-5H2,1H3/b10-6-. The molecule has 0 amide bonds. The van der Waals surface area contributed by atoms with Crippen molar-refractivity contribution in [3.05, 3.63) is 29.3 Å². The predicted octanol–water partition coefficient (Wildman–Crippen LogP) is 1.54. The third kappa shape index (κ3) is 2.43. The van der Waals surface area contributed by atoms with Crippen molar-refractivity contribution in [1.82, 2.24) is 0 Å². The number of ether oxygens (including phenoxy) is 3. The van der Waals surface area contributed by atoms with E-state index in [4.69, 9.17) is 14.7 Å². The Morgan fingerprint density at radius 1 is 1.39 bits per heavy atom. The molecule has 5 heteroatoms. The molecule has 0 bridgehead atoms. The number of nitrogens with zero attached hydrogens (tertiary/aromatic N) is 1. The van der Waals surface area contributed by atoms with Crippen molar-refractivity contribution in [2.45, 2.75) is 0 Å². The first-order valence-electron chi connectivity index (χ1n) is 5.34. The number of carbonyl (C=O) groups excluding carboxylic acids is 1. The normalized spacial score (nSPS) is 13.7. The number of rotatable bonds is 2. The van der Waals surface area contributed by atoms with Crippen LogP contribution in [-0.4, -0.2) is 26.3 Å². The summed E-state index contributed by atoms with van der Waals surface area (Å²) in [5, 5.41) is 8.85. The van der Waals surface area contributed by atoms with Gasteiger partial charge in [-0.1, -0.05) is 6.07 Å². The van der Waals surface area contributed by atoms with Crippen LogP contribution in [0.25, 0.3) is 6.08 Å². The van der Waals surface area contributed by atoms with Crippen LogP contribution in [-0.2, 0) is 9.53 Å². The van der Waals surface area contributed by atoms with Crippen LogP contribution >= 0.6 is 0 Å². The fourth-order valence-electron chi connectivity index (χ4n) is 1.56. The second kappa shape index (κ2) is 5.23. The lowest BCUT2D eigenvalue weighted by molar-refractivity contribution is -0.135. The molecule has 18 heavy (non-hydrogen) atoms. The molecule has 92 valence electrons. The molecule has 0 saturated heterocycles. The molecule has 5 nitrogen and oxygen atoms in total. The summed E-state index contributed by atoms with van der Waals surface area (Å²) in [4.78, 5) is 11.3. The Morgan fingerprint density at radius 2 is 2.11 bits per heavy atom. The number of hydrogen-bond donors (Lipinski definition) is 0. The summed E-state index contributed by atoms with van der Waals surface area (Å²) in [6.45, 7) is 1.01. The number of fused-ring (bicyclic) bond motifs is 1. The Kier molecular flexibility index (Phi) is 3.49. The van der Waals surface area contributed by atoms with Gasteiger partial charge in [0.25, 0.3) is 0 Å². The maximum absolute atomic E-state index is 11.3. The van der Waals surface area contributed by atoms with Gasteiger partial charge in [-0.25, -0.2) is 4.79 Å². The fraction of sp³-hybridized carbons (Fsp3) is 0.231. The lowest BCUT2D eigenvalue weighted by Gasteiger charge is -2.18. The molecule has 0 N–H and O–H groups in total. The Morgan fingerprint density at radius 3 is 2.78 bits per heavy atom. The zero-order chi connectivity index (χ0) is 13.0. The van der Waals surface area contributed by atoms with Crippen LogP contribution in [0.15, 0.2) is 23.8 Å². The lowest BCUT2D eigenvalue weighted by atomic mass is 10.1. The molecule has 0 fully saturated rings. The molecule has 1 aromatic rings. The van der Waals surface area contributed by atoms with E-state index in [0.29, 0.717) is 30.3 Å². The van der Waals surface area contributed by atoms with Gasteiger partial charge in [-0.05, 0) is 23.8 Å². The SMILES string of the molecule is COC(=O)/C(C#N)=C\c1ccc2c(c1)OCCO2. The Bertz CT molecular complexity index is 542. The van der Waals surface area contributed by atoms with Crippen molar-refractivity contribution >= 4 is 12.0 Å². The number of esters is 1. The van der Waals surface area contributed by atoms with E-state index < -0.39 is 5.97 Å². The van der Waals surface area contributed by atoms with Crippen molar-refractivity contribution in [2.75, 3.05) is 20.3 Å². The summed E-state index contributed by atoms with van der Waals surface area (Å²) in [7, 11) is 1.23. The number of carbonyl (C=O) groups is 1. The zero-order valence-corrected chi connectivity index (χ0v) is 9.80. The molecule has 0 aliphatic carbocycles. The fourth-order valence-corrected chi connectivity index (χ4v) is 1.56. The van der Waals surface area contributed by atoms with Gasteiger partial charge in [-0.15, -0.1) is 0 Å². The molecule has 2 rings (SSSR count). The van der Waals surface area contributed by atoms with Crippen LogP contribution in [0, 0.1) is 11.3 Å². The summed E-state index contributed by atoms with van der Waals surface area (Å²) in [6, 6.07) is 7.00. The van der Waals surface area contributed by atoms with Crippen LogP contribution in [0.4, 0.5) is 0 Å². The maximum Gasteiger partial charge on any atom is 0.348 e. The first-order valence-corrected chi connectivity index (χ1v) is 5.34. The van der Waals surface area contributed by atoms with Gasteiger partial charge in [0.05, 0.1) is 7.11 Å². The Balaban J connectivity index is 2.32. The summed E-state index contributed by atoms with van der Waals surface area (Å²) in [6.07, 6.45) is 1.45. The smallest absolute Gasteiger partial charge is 0.348 e. The monoisotopic (exact) mass is 245 g/mol. The van der Waals surface area contributed by atoms with Crippen molar-refractivity contribution < 1.29 is 19.0 Å². The largest absolute Gasteiger partial charge is 0.486 e. The molecule has 0 spiro atoms. The highest BCUT2D eigenvalue weighted by molar-refractivity contribution is 5.97. The second-order valence-corrected chi connectivity index (χ2v) is 3.56. The molecule has 0 unspecified atom stereocenters. The van der Waals surface area contributed by atoms with Gasteiger partial charge >= 0.3 is 5.97 Å². The van der Waals surface area contributed by atoms with E-state index in [1.807, 2.05) is 0 Å². The highest BCUT2D eigenvalue weighted by Crippen LogP contribution is 2.31. The summed E-state index contributed by atoms with van der Waals surface area (Å²) < 4.78 is 15.3. The first-order chi connectivity index (χ1) is 8.74. The van der Waals surface area contributed by atoms with Gasteiger partial charge in [-0.3, -0.25) is 0 Å². The zero-order valence-electron chi connectivity index (χ0n) is 9.80. The van der Waals surface area contributed by atoms with Crippen LogP contribution in [0.2, 0.25) is 0 Å². The Hall–Kier alpha value is -2.48. The van der Waals surface area contributed by atoms with Crippen LogP contribution in [0.3, 0.4) is 0 Å². The summed E-state index contributed by atoms with van der Waals surface area (Å²) >= 11 is 0. The molecule has 1 heterocycles. The van der Waals surface area contributed by atoms with E-state index in [-0.39, 0.29) is 5.57 Å². The third-order valence-electron chi connectivity index (χ3n) is 2.40. The minimum Gasteiger partial charge on any atom is -0.486 e. The molecule has 0 aromatic heterocycles. The quantitative estimate of drug-likeness (QED) is 0.449. The summed E-state index contributed by atoms with van der Waals surface area (Å²) in [5.74, 6) is 0.611. The molecule has 0 saturated carbocycles.